The topological polar surface area (TPSA) is 47.4 Å². The molecule has 0 spiro atoms. The Morgan fingerprint density at radius 2 is 2.27 bits per heavy atom. The van der Waals surface area contributed by atoms with Crippen molar-refractivity contribution in [1.29, 1.82) is 0 Å². The Balaban J connectivity index is 2.00. The van der Waals surface area contributed by atoms with Gasteiger partial charge in [0.05, 0.1) is 24.2 Å². The molecule has 1 aliphatic heterocycles. The second-order valence-electron chi connectivity index (χ2n) is 5.99. The van der Waals surface area contributed by atoms with Gasteiger partial charge >= 0.3 is 5.97 Å². The fourth-order valence-electron chi connectivity index (χ4n) is 3.12. The maximum absolute atomic E-state index is 11.7. The van der Waals surface area contributed by atoms with Crippen LogP contribution in [-0.2, 0) is 9.53 Å². The Labute approximate surface area is 138 Å². The molecule has 2 aromatic rings. The molecule has 0 aliphatic carbocycles. The average Bonchev–Trinajstić information content (AvgIpc) is 3.10. The maximum Gasteiger partial charge on any atom is 0.310 e. The number of hydrogen-bond acceptors (Lipinski definition) is 4. The molecule has 1 saturated heterocycles. The number of carbonyl (C=O) groups is 1. The van der Waals surface area contributed by atoms with Gasteiger partial charge in [0.25, 0.3) is 0 Å². The van der Waals surface area contributed by atoms with E-state index < -0.39 is 0 Å². The minimum absolute atomic E-state index is 0.0362. The van der Waals surface area contributed by atoms with Crippen molar-refractivity contribution in [3.05, 3.63) is 23.1 Å². The van der Waals surface area contributed by atoms with E-state index in [1.807, 2.05) is 12.3 Å². The number of anilines is 1. The highest BCUT2D eigenvalue weighted by atomic mass is 79.9. The highest BCUT2D eigenvalue weighted by molar-refractivity contribution is 9.10. The summed E-state index contributed by atoms with van der Waals surface area (Å²) in [5.41, 5.74) is 2.31. The lowest BCUT2D eigenvalue weighted by molar-refractivity contribution is -0.144. The molecule has 0 radical (unpaired) electrons. The van der Waals surface area contributed by atoms with Crippen LogP contribution in [0, 0.1) is 5.92 Å². The van der Waals surface area contributed by atoms with Gasteiger partial charge in [-0.25, -0.2) is 4.98 Å². The third-order valence-corrected chi connectivity index (χ3v) is 4.72. The van der Waals surface area contributed by atoms with E-state index in [1.54, 1.807) is 0 Å². The zero-order valence-corrected chi connectivity index (χ0v) is 14.6. The molecule has 3 rings (SSSR count). The molecule has 1 atom stereocenters. The molecule has 1 aliphatic rings. The van der Waals surface area contributed by atoms with Gasteiger partial charge in [0, 0.05) is 36.9 Å². The monoisotopic (exact) mass is 365 g/mol. The van der Waals surface area contributed by atoms with E-state index in [0.717, 1.165) is 34.2 Å². The number of hydrogen-bond donors (Lipinski definition) is 0. The number of pyridine rings is 1. The Morgan fingerprint density at radius 3 is 2.95 bits per heavy atom. The van der Waals surface area contributed by atoms with Gasteiger partial charge in [0.15, 0.2) is 0 Å². The van der Waals surface area contributed by atoms with E-state index in [9.17, 15) is 4.79 Å². The fourth-order valence-corrected chi connectivity index (χ4v) is 3.44. The summed E-state index contributed by atoms with van der Waals surface area (Å²) < 4.78 is 7.96. The number of halogens is 1. The Morgan fingerprint density at radius 1 is 1.50 bits per heavy atom. The number of esters is 1. The van der Waals surface area contributed by atoms with Crippen molar-refractivity contribution >= 4 is 38.5 Å². The molecular weight excluding hydrogens is 346 g/mol. The second-order valence-corrected chi connectivity index (χ2v) is 6.81. The molecular formula is C16H20BrN3O2. The van der Waals surface area contributed by atoms with E-state index in [1.165, 1.54) is 7.11 Å². The first-order chi connectivity index (χ1) is 10.5. The molecule has 0 aromatic carbocycles. The highest BCUT2D eigenvalue weighted by Gasteiger charge is 2.30. The van der Waals surface area contributed by atoms with E-state index >= 15 is 0 Å². The van der Waals surface area contributed by atoms with Gasteiger partial charge in [0.2, 0.25) is 0 Å². The first-order valence-electron chi connectivity index (χ1n) is 7.50. The third kappa shape index (κ3) is 2.60. The standard InChI is InChI=1S/C16H20BrN3O2/c1-10(2)20-9-14(12-7-18-15(17)6-13(12)20)19-5-4-11(8-19)16(21)22-3/h6-7,9-11H,4-5,8H2,1-3H3. The van der Waals surface area contributed by atoms with Gasteiger partial charge in [-0.15, -0.1) is 0 Å². The summed E-state index contributed by atoms with van der Waals surface area (Å²) in [5.74, 6) is -0.151. The second kappa shape index (κ2) is 5.91. The minimum atomic E-state index is -0.115. The molecule has 6 heteroatoms. The fraction of sp³-hybridized carbons (Fsp3) is 0.500. The molecule has 0 amide bonds. The Bertz CT molecular complexity index is 711. The minimum Gasteiger partial charge on any atom is -0.469 e. The van der Waals surface area contributed by atoms with Crippen molar-refractivity contribution in [3.8, 4) is 0 Å². The van der Waals surface area contributed by atoms with Gasteiger partial charge in [-0.1, -0.05) is 0 Å². The van der Waals surface area contributed by atoms with Crippen LogP contribution in [0.15, 0.2) is 23.1 Å². The summed E-state index contributed by atoms with van der Waals surface area (Å²) >= 11 is 3.45. The first kappa shape index (κ1) is 15.3. The van der Waals surface area contributed by atoms with E-state index in [-0.39, 0.29) is 11.9 Å². The molecule has 5 nitrogen and oxygen atoms in total. The number of fused-ring (bicyclic) bond motifs is 1. The van der Waals surface area contributed by atoms with Crippen LogP contribution in [0.25, 0.3) is 10.9 Å². The number of carbonyl (C=O) groups excluding carboxylic acids is 1. The van der Waals surface area contributed by atoms with Crippen molar-refractivity contribution < 1.29 is 9.53 Å². The van der Waals surface area contributed by atoms with Crippen LogP contribution in [0.5, 0.6) is 0 Å². The number of ether oxygens (including phenoxy) is 1. The summed E-state index contributed by atoms with van der Waals surface area (Å²) in [5, 5.41) is 1.13. The molecule has 0 saturated carbocycles. The lowest BCUT2D eigenvalue weighted by Crippen LogP contribution is -2.23. The Hall–Kier alpha value is -1.56. The van der Waals surface area contributed by atoms with Crippen molar-refractivity contribution in [1.82, 2.24) is 9.55 Å². The van der Waals surface area contributed by atoms with Gasteiger partial charge in [0.1, 0.15) is 4.60 Å². The number of aromatic nitrogens is 2. The summed E-state index contributed by atoms with van der Waals surface area (Å²) in [6, 6.07) is 2.41. The summed E-state index contributed by atoms with van der Waals surface area (Å²) in [7, 11) is 1.46. The van der Waals surface area contributed by atoms with Crippen molar-refractivity contribution in [2.75, 3.05) is 25.1 Å². The van der Waals surface area contributed by atoms with E-state index in [2.05, 4.69) is 50.4 Å². The molecule has 1 fully saturated rings. The van der Waals surface area contributed by atoms with E-state index in [4.69, 9.17) is 4.74 Å². The smallest absolute Gasteiger partial charge is 0.310 e. The normalized spacial score (nSPS) is 18.4. The van der Waals surface area contributed by atoms with Crippen LogP contribution in [0.2, 0.25) is 0 Å². The van der Waals surface area contributed by atoms with Crippen LogP contribution < -0.4 is 4.90 Å². The number of methoxy groups -OCH3 is 1. The molecule has 2 aromatic heterocycles. The number of rotatable bonds is 3. The SMILES string of the molecule is COC(=O)C1CCN(c2cn(C(C)C)c3cc(Br)ncc23)C1. The third-order valence-electron chi connectivity index (χ3n) is 4.28. The quantitative estimate of drug-likeness (QED) is 0.617. The first-order valence-corrected chi connectivity index (χ1v) is 8.29. The van der Waals surface area contributed by atoms with Crippen LogP contribution in [0.1, 0.15) is 26.3 Å². The van der Waals surface area contributed by atoms with Gasteiger partial charge < -0.3 is 14.2 Å². The predicted octanol–water partition coefficient (Wildman–Crippen LogP) is 3.38. The average molecular weight is 366 g/mol. The molecule has 22 heavy (non-hydrogen) atoms. The zero-order valence-electron chi connectivity index (χ0n) is 13.0. The van der Waals surface area contributed by atoms with Crippen LogP contribution in [0.4, 0.5) is 5.69 Å². The van der Waals surface area contributed by atoms with Crippen molar-refractivity contribution in [2.24, 2.45) is 5.92 Å². The highest BCUT2D eigenvalue weighted by Crippen LogP contribution is 2.35. The van der Waals surface area contributed by atoms with Crippen LogP contribution in [-0.4, -0.2) is 35.7 Å². The zero-order chi connectivity index (χ0) is 15.9. The largest absolute Gasteiger partial charge is 0.469 e. The predicted molar refractivity (Wildman–Crippen MR) is 90.2 cm³/mol. The van der Waals surface area contributed by atoms with Crippen LogP contribution in [0.3, 0.4) is 0 Å². The van der Waals surface area contributed by atoms with Gasteiger partial charge in [-0.05, 0) is 42.3 Å². The molecule has 1 unspecified atom stereocenters. The summed E-state index contributed by atoms with van der Waals surface area (Å²) in [4.78, 5) is 18.4. The molecule has 0 N–H and O–H groups in total. The van der Waals surface area contributed by atoms with E-state index in [0.29, 0.717) is 12.6 Å². The summed E-state index contributed by atoms with van der Waals surface area (Å²) in [6.45, 7) is 5.91. The molecule has 0 bridgehead atoms. The molecule has 3 heterocycles. The van der Waals surface area contributed by atoms with Crippen LogP contribution >= 0.6 is 15.9 Å². The lowest BCUT2D eigenvalue weighted by Gasteiger charge is -2.17. The van der Waals surface area contributed by atoms with Gasteiger partial charge in [-0.3, -0.25) is 4.79 Å². The summed E-state index contributed by atoms with van der Waals surface area (Å²) in [6.07, 6.45) is 4.91. The van der Waals surface area contributed by atoms with Gasteiger partial charge in [-0.2, -0.15) is 0 Å². The Kier molecular flexibility index (Phi) is 4.12. The molecule has 118 valence electrons. The lowest BCUT2D eigenvalue weighted by atomic mass is 10.1. The number of nitrogens with zero attached hydrogens (tertiary/aromatic N) is 3. The maximum atomic E-state index is 11.7. The van der Waals surface area contributed by atoms with Crippen molar-refractivity contribution in [3.63, 3.8) is 0 Å². The van der Waals surface area contributed by atoms with Crippen molar-refractivity contribution in [2.45, 2.75) is 26.3 Å².